The predicted octanol–water partition coefficient (Wildman–Crippen LogP) is 3.16. The van der Waals surface area contributed by atoms with Crippen LogP contribution < -0.4 is 5.73 Å². The number of benzene rings is 1. The maximum atomic E-state index is 12.9. The molecule has 0 bridgehead atoms. The maximum absolute atomic E-state index is 12.9. The fourth-order valence-electron chi connectivity index (χ4n) is 3.02. The molecule has 1 saturated carbocycles. The summed E-state index contributed by atoms with van der Waals surface area (Å²) in [5.74, 6) is -0.270. The molecule has 100 valence electrons. The molecular weight excluding hydrogens is 229 g/mol. The largest absolute Gasteiger partial charge is 0.388 e. The van der Waals surface area contributed by atoms with Gasteiger partial charge in [0.2, 0.25) is 0 Å². The van der Waals surface area contributed by atoms with Crippen molar-refractivity contribution < 1.29 is 9.50 Å². The Labute approximate surface area is 108 Å². The van der Waals surface area contributed by atoms with Gasteiger partial charge in [0.15, 0.2) is 0 Å². The van der Waals surface area contributed by atoms with Crippen LogP contribution in [0.25, 0.3) is 0 Å². The highest BCUT2D eigenvalue weighted by Crippen LogP contribution is 2.44. The second kappa shape index (κ2) is 5.81. The third-order valence-corrected chi connectivity index (χ3v) is 4.27. The molecule has 0 amide bonds. The van der Waals surface area contributed by atoms with E-state index in [4.69, 9.17) is 5.73 Å². The van der Waals surface area contributed by atoms with Crippen molar-refractivity contribution in [3.63, 3.8) is 0 Å². The number of aliphatic hydroxyl groups is 1. The first-order valence-corrected chi connectivity index (χ1v) is 6.81. The molecule has 18 heavy (non-hydrogen) atoms. The van der Waals surface area contributed by atoms with Gasteiger partial charge in [-0.25, -0.2) is 4.39 Å². The standard InChI is InChI=1S/C15H22FNO/c16-13-7-5-12(6-8-13)14(18)15(11-17)9-3-1-2-4-10-15/h5-8,14,18H,1-4,9-11,17H2. The van der Waals surface area contributed by atoms with Crippen LogP contribution in [-0.2, 0) is 0 Å². The van der Waals surface area contributed by atoms with E-state index in [1.165, 1.54) is 25.0 Å². The van der Waals surface area contributed by atoms with E-state index < -0.39 is 6.10 Å². The summed E-state index contributed by atoms with van der Waals surface area (Å²) in [6.45, 7) is 0.492. The Balaban J connectivity index is 2.22. The molecule has 3 N–H and O–H groups in total. The molecule has 1 aromatic rings. The molecule has 0 radical (unpaired) electrons. The highest BCUT2D eigenvalue weighted by molar-refractivity contribution is 5.21. The summed E-state index contributed by atoms with van der Waals surface area (Å²) >= 11 is 0. The second-order valence-electron chi connectivity index (χ2n) is 5.43. The molecule has 1 aliphatic rings. The highest BCUT2D eigenvalue weighted by atomic mass is 19.1. The van der Waals surface area contributed by atoms with Crippen LogP contribution >= 0.6 is 0 Å². The highest BCUT2D eigenvalue weighted by Gasteiger charge is 2.37. The van der Waals surface area contributed by atoms with Crippen molar-refractivity contribution in [1.82, 2.24) is 0 Å². The average molecular weight is 251 g/mol. The molecule has 0 saturated heterocycles. The Bertz CT molecular complexity index is 369. The summed E-state index contributed by atoms with van der Waals surface area (Å²) in [7, 11) is 0. The number of rotatable bonds is 3. The normalized spacial score (nSPS) is 21.3. The fraction of sp³-hybridized carbons (Fsp3) is 0.600. The maximum Gasteiger partial charge on any atom is 0.123 e. The lowest BCUT2D eigenvalue weighted by atomic mass is 9.73. The van der Waals surface area contributed by atoms with Crippen LogP contribution in [0.5, 0.6) is 0 Å². The zero-order valence-electron chi connectivity index (χ0n) is 10.7. The summed E-state index contributed by atoms with van der Waals surface area (Å²) < 4.78 is 12.9. The van der Waals surface area contributed by atoms with Crippen molar-refractivity contribution in [2.24, 2.45) is 11.1 Å². The Hall–Kier alpha value is -0.930. The van der Waals surface area contributed by atoms with Crippen LogP contribution in [0.4, 0.5) is 4.39 Å². The lowest BCUT2D eigenvalue weighted by molar-refractivity contribution is 0.0166. The minimum absolute atomic E-state index is 0.228. The summed E-state index contributed by atoms with van der Waals surface area (Å²) in [5.41, 5.74) is 6.50. The third kappa shape index (κ3) is 2.73. The van der Waals surface area contributed by atoms with Gasteiger partial charge >= 0.3 is 0 Å². The Morgan fingerprint density at radius 3 is 2.17 bits per heavy atom. The molecule has 0 aliphatic heterocycles. The van der Waals surface area contributed by atoms with Gasteiger partial charge in [-0.15, -0.1) is 0 Å². The van der Waals surface area contributed by atoms with E-state index in [1.807, 2.05) is 0 Å². The van der Waals surface area contributed by atoms with Gasteiger partial charge < -0.3 is 10.8 Å². The van der Waals surface area contributed by atoms with E-state index in [9.17, 15) is 9.50 Å². The quantitative estimate of drug-likeness (QED) is 0.811. The summed E-state index contributed by atoms with van der Waals surface area (Å²) in [5, 5.41) is 10.6. The molecule has 1 aromatic carbocycles. The van der Waals surface area contributed by atoms with Gasteiger partial charge in [0, 0.05) is 12.0 Å². The Morgan fingerprint density at radius 1 is 1.11 bits per heavy atom. The molecule has 0 aromatic heterocycles. The summed E-state index contributed by atoms with van der Waals surface area (Å²) in [4.78, 5) is 0. The van der Waals surface area contributed by atoms with Crippen molar-refractivity contribution in [3.8, 4) is 0 Å². The molecule has 2 rings (SSSR count). The van der Waals surface area contributed by atoms with Gasteiger partial charge in [-0.05, 0) is 30.5 Å². The smallest absolute Gasteiger partial charge is 0.123 e. The van der Waals surface area contributed by atoms with Crippen LogP contribution in [-0.4, -0.2) is 11.7 Å². The van der Waals surface area contributed by atoms with Crippen LogP contribution in [0.1, 0.15) is 50.2 Å². The molecule has 0 spiro atoms. The number of halogens is 1. The molecule has 1 unspecified atom stereocenters. The number of hydrogen-bond donors (Lipinski definition) is 2. The van der Waals surface area contributed by atoms with Crippen molar-refractivity contribution in [3.05, 3.63) is 35.6 Å². The van der Waals surface area contributed by atoms with Crippen molar-refractivity contribution >= 4 is 0 Å². The molecule has 1 aliphatic carbocycles. The van der Waals surface area contributed by atoms with E-state index in [0.717, 1.165) is 31.2 Å². The van der Waals surface area contributed by atoms with E-state index in [-0.39, 0.29) is 11.2 Å². The van der Waals surface area contributed by atoms with E-state index >= 15 is 0 Å². The van der Waals surface area contributed by atoms with Gasteiger partial charge in [-0.3, -0.25) is 0 Å². The van der Waals surface area contributed by atoms with E-state index in [1.54, 1.807) is 12.1 Å². The van der Waals surface area contributed by atoms with Crippen LogP contribution in [0.3, 0.4) is 0 Å². The lowest BCUT2D eigenvalue weighted by Gasteiger charge is -2.36. The molecule has 2 nitrogen and oxygen atoms in total. The predicted molar refractivity (Wildman–Crippen MR) is 70.5 cm³/mol. The fourth-order valence-corrected chi connectivity index (χ4v) is 3.02. The average Bonchev–Trinajstić information content (AvgIpc) is 2.65. The number of nitrogens with two attached hydrogens (primary N) is 1. The van der Waals surface area contributed by atoms with E-state index in [2.05, 4.69) is 0 Å². The van der Waals surface area contributed by atoms with Gasteiger partial charge in [0.25, 0.3) is 0 Å². The minimum atomic E-state index is -0.582. The van der Waals surface area contributed by atoms with Gasteiger partial charge in [0.1, 0.15) is 5.82 Å². The van der Waals surface area contributed by atoms with Crippen LogP contribution in [0.2, 0.25) is 0 Å². The topological polar surface area (TPSA) is 46.2 Å². The Morgan fingerprint density at radius 2 is 1.67 bits per heavy atom. The number of hydrogen-bond acceptors (Lipinski definition) is 2. The van der Waals surface area contributed by atoms with Crippen LogP contribution in [0, 0.1) is 11.2 Å². The molecule has 3 heteroatoms. The first-order valence-electron chi connectivity index (χ1n) is 6.81. The van der Waals surface area contributed by atoms with Gasteiger partial charge in [-0.2, -0.15) is 0 Å². The van der Waals surface area contributed by atoms with Crippen molar-refractivity contribution in [2.75, 3.05) is 6.54 Å². The monoisotopic (exact) mass is 251 g/mol. The number of aliphatic hydroxyl groups excluding tert-OH is 1. The SMILES string of the molecule is NCC1(C(O)c2ccc(F)cc2)CCCCCC1. The van der Waals surface area contributed by atoms with E-state index in [0.29, 0.717) is 6.54 Å². The third-order valence-electron chi connectivity index (χ3n) is 4.27. The zero-order chi connectivity index (χ0) is 13.0. The summed E-state index contributed by atoms with van der Waals surface area (Å²) in [6.07, 6.45) is 6.02. The molecule has 1 atom stereocenters. The first-order chi connectivity index (χ1) is 8.68. The van der Waals surface area contributed by atoms with Crippen molar-refractivity contribution in [1.29, 1.82) is 0 Å². The van der Waals surface area contributed by atoms with Crippen molar-refractivity contribution in [2.45, 2.75) is 44.6 Å². The molecular formula is C15H22FNO. The first kappa shape index (κ1) is 13.5. The molecule has 0 heterocycles. The molecule has 1 fully saturated rings. The second-order valence-corrected chi connectivity index (χ2v) is 5.43. The zero-order valence-corrected chi connectivity index (χ0v) is 10.7. The lowest BCUT2D eigenvalue weighted by Crippen LogP contribution is -2.36. The summed E-state index contributed by atoms with van der Waals surface area (Å²) in [6, 6.07) is 6.14. The van der Waals surface area contributed by atoms with Gasteiger partial charge in [-0.1, -0.05) is 37.8 Å². The minimum Gasteiger partial charge on any atom is -0.388 e. The van der Waals surface area contributed by atoms with Crippen LogP contribution in [0.15, 0.2) is 24.3 Å². The van der Waals surface area contributed by atoms with Gasteiger partial charge in [0.05, 0.1) is 6.10 Å². The Kier molecular flexibility index (Phi) is 4.36.